The summed E-state index contributed by atoms with van der Waals surface area (Å²) in [5, 5.41) is 24.0. The Balaban J connectivity index is 1.86. The first-order valence-electron chi connectivity index (χ1n) is 8.71. The van der Waals surface area contributed by atoms with Crippen LogP contribution < -0.4 is 10.0 Å². The second-order valence-corrected chi connectivity index (χ2v) is 7.38. The zero-order valence-electron chi connectivity index (χ0n) is 14.5. The Morgan fingerprint density at radius 2 is 1.93 bits per heavy atom. The number of nitrogens with zero attached hydrogens (tertiary/aromatic N) is 2. The summed E-state index contributed by atoms with van der Waals surface area (Å²) in [6, 6.07) is 10.2. The van der Waals surface area contributed by atoms with E-state index in [4.69, 9.17) is 23.2 Å². The van der Waals surface area contributed by atoms with Gasteiger partial charge in [-0.2, -0.15) is 0 Å². The van der Waals surface area contributed by atoms with E-state index in [2.05, 4.69) is 4.99 Å². The molecule has 0 unspecified atom stereocenters. The number of aliphatic imine (C=N–C) groups is 1. The fourth-order valence-corrected chi connectivity index (χ4v) is 3.96. The molecule has 142 valence electrons. The van der Waals surface area contributed by atoms with Gasteiger partial charge in [-0.15, -0.1) is 0 Å². The van der Waals surface area contributed by atoms with Crippen molar-refractivity contribution in [3.8, 4) is 5.75 Å². The van der Waals surface area contributed by atoms with Gasteiger partial charge < -0.3 is 10.0 Å². The molecule has 1 fully saturated rings. The summed E-state index contributed by atoms with van der Waals surface area (Å²) in [7, 11) is 0. The van der Waals surface area contributed by atoms with Crippen molar-refractivity contribution >= 4 is 35.1 Å². The highest BCUT2D eigenvalue weighted by Crippen LogP contribution is 2.30. The first-order valence-corrected chi connectivity index (χ1v) is 9.46. The quantitative estimate of drug-likeness (QED) is 0.453. The number of hydrogen-bond acceptors (Lipinski definition) is 4. The van der Waals surface area contributed by atoms with Crippen LogP contribution in [0.15, 0.2) is 41.4 Å². The number of rotatable bonds is 6. The summed E-state index contributed by atoms with van der Waals surface area (Å²) < 4.78 is 0. The third kappa shape index (κ3) is 4.58. The van der Waals surface area contributed by atoms with E-state index in [-0.39, 0.29) is 16.6 Å². The average Bonchev–Trinajstić information content (AvgIpc) is 3.16. The first-order chi connectivity index (χ1) is 13.0. The highest BCUT2D eigenvalue weighted by atomic mass is 35.5. The molecular weight excluding hydrogens is 389 g/mol. The van der Waals surface area contributed by atoms with E-state index in [1.54, 1.807) is 0 Å². The molecule has 0 radical (unpaired) electrons. The molecule has 1 N–H and O–H groups in total. The molecule has 0 amide bonds. The van der Waals surface area contributed by atoms with Gasteiger partial charge in [-0.25, -0.2) is 0 Å². The number of quaternary nitrogens is 1. The minimum absolute atomic E-state index is 0.0710. The average molecular weight is 408 g/mol. The minimum Gasteiger partial charge on any atom is -0.867 e. The summed E-state index contributed by atoms with van der Waals surface area (Å²) in [4.78, 5) is 16.1. The molecular formula is C19H19Cl2N3O3. The highest BCUT2D eigenvalue weighted by molar-refractivity contribution is 6.31. The topological polar surface area (TPSA) is 83.0 Å². The van der Waals surface area contributed by atoms with Crippen LogP contribution in [-0.2, 0) is 0 Å². The van der Waals surface area contributed by atoms with Crippen LogP contribution >= 0.6 is 23.2 Å². The van der Waals surface area contributed by atoms with Gasteiger partial charge >= 0.3 is 0 Å². The monoisotopic (exact) mass is 407 g/mol. The Bertz CT molecular complexity index is 867. The van der Waals surface area contributed by atoms with Crippen molar-refractivity contribution in [2.45, 2.75) is 18.9 Å². The largest absolute Gasteiger partial charge is 0.867 e. The second kappa shape index (κ2) is 8.69. The lowest BCUT2D eigenvalue weighted by Gasteiger charge is -2.24. The normalized spacial score (nSPS) is 16.1. The van der Waals surface area contributed by atoms with E-state index in [0.717, 1.165) is 37.6 Å². The maximum atomic E-state index is 12.2. The summed E-state index contributed by atoms with van der Waals surface area (Å²) in [6.45, 7) is 2.51. The zero-order valence-corrected chi connectivity index (χ0v) is 16.0. The highest BCUT2D eigenvalue weighted by Gasteiger charge is 2.28. The number of nitro groups is 1. The van der Waals surface area contributed by atoms with Gasteiger partial charge in [0.2, 0.25) is 0 Å². The van der Waals surface area contributed by atoms with Crippen LogP contribution in [0.5, 0.6) is 5.75 Å². The molecule has 1 heterocycles. The third-order valence-electron chi connectivity index (χ3n) is 4.80. The van der Waals surface area contributed by atoms with Gasteiger partial charge in [0.05, 0.1) is 24.6 Å². The van der Waals surface area contributed by atoms with Gasteiger partial charge in [-0.1, -0.05) is 41.4 Å². The van der Waals surface area contributed by atoms with Gasteiger partial charge in [0.15, 0.2) is 0 Å². The van der Waals surface area contributed by atoms with Crippen molar-refractivity contribution in [3.63, 3.8) is 0 Å². The van der Waals surface area contributed by atoms with E-state index in [9.17, 15) is 15.2 Å². The van der Waals surface area contributed by atoms with E-state index in [1.807, 2.05) is 24.3 Å². The number of likely N-dealkylation sites (tertiary alicyclic amines) is 1. The lowest BCUT2D eigenvalue weighted by molar-refractivity contribution is -0.918. The van der Waals surface area contributed by atoms with E-state index < -0.39 is 16.4 Å². The van der Waals surface area contributed by atoms with Crippen LogP contribution in [-0.4, -0.2) is 30.8 Å². The van der Waals surface area contributed by atoms with Gasteiger partial charge in [0.25, 0.3) is 5.69 Å². The maximum absolute atomic E-state index is 12.2. The zero-order chi connectivity index (χ0) is 19.4. The molecule has 1 aliphatic heterocycles. The Morgan fingerprint density at radius 3 is 2.59 bits per heavy atom. The first kappa shape index (κ1) is 19.6. The van der Waals surface area contributed by atoms with Crippen LogP contribution in [0.1, 0.15) is 30.0 Å². The smallest absolute Gasteiger partial charge is 0.263 e. The molecule has 0 aliphatic carbocycles. The lowest BCUT2D eigenvalue weighted by atomic mass is 10.1. The molecule has 6 nitrogen and oxygen atoms in total. The Morgan fingerprint density at radius 1 is 1.22 bits per heavy atom. The van der Waals surface area contributed by atoms with Crippen LogP contribution in [0.25, 0.3) is 0 Å². The fraction of sp³-hybridized carbons (Fsp3) is 0.316. The standard InChI is InChI=1S/C19H19Cl2N3O3/c20-14-9-13(19(25)17(10-14)24(26)27)11-22-12-18(23-7-3-4-8-23)15-5-1-2-6-16(15)21/h1-2,5-6,9-11,18,25H,3-4,7-8,12H2/t18-/m0/s1. The third-order valence-corrected chi connectivity index (χ3v) is 5.36. The van der Waals surface area contributed by atoms with Crippen molar-refractivity contribution in [3.05, 3.63) is 67.7 Å². The summed E-state index contributed by atoms with van der Waals surface area (Å²) in [5.41, 5.74) is 0.591. The predicted octanol–water partition coefficient (Wildman–Crippen LogP) is 2.81. The van der Waals surface area contributed by atoms with Crippen molar-refractivity contribution in [1.29, 1.82) is 0 Å². The number of nitro benzene ring substituents is 1. The van der Waals surface area contributed by atoms with Gasteiger partial charge in [0.1, 0.15) is 6.04 Å². The van der Waals surface area contributed by atoms with Crippen molar-refractivity contribution in [2.75, 3.05) is 19.6 Å². The van der Waals surface area contributed by atoms with Crippen molar-refractivity contribution in [1.82, 2.24) is 0 Å². The molecule has 1 aliphatic rings. The van der Waals surface area contributed by atoms with Crippen molar-refractivity contribution in [2.24, 2.45) is 4.99 Å². The molecule has 27 heavy (non-hydrogen) atoms. The number of nitrogens with one attached hydrogen (secondary N) is 1. The molecule has 3 rings (SSSR count). The number of halogens is 2. The molecule has 0 saturated carbocycles. The van der Waals surface area contributed by atoms with Gasteiger partial charge in [-0.3, -0.25) is 15.1 Å². The minimum atomic E-state index is -0.730. The summed E-state index contributed by atoms with van der Waals surface area (Å²) in [5.74, 6) is -0.684. The second-order valence-electron chi connectivity index (χ2n) is 6.53. The van der Waals surface area contributed by atoms with Crippen LogP contribution in [0.2, 0.25) is 10.0 Å². The summed E-state index contributed by atoms with van der Waals surface area (Å²) in [6.07, 6.45) is 3.69. The molecule has 2 aromatic rings. The number of benzene rings is 2. The number of hydrogen-bond donors (Lipinski definition) is 1. The van der Waals surface area contributed by atoms with Crippen LogP contribution in [0.4, 0.5) is 5.69 Å². The van der Waals surface area contributed by atoms with Gasteiger partial charge in [-0.05, 0) is 23.4 Å². The molecule has 1 saturated heterocycles. The van der Waals surface area contributed by atoms with E-state index in [0.29, 0.717) is 11.6 Å². The summed E-state index contributed by atoms with van der Waals surface area (Å²) >= 11 is 12.3. The maximum Gasteiger partial charge on any atom is 0.263 e. The Hall–Kier alpha value is -2.15. The SMILES string of the molecule is O=[N+]([O-])c1cc(Cl)cc(C=NC[C@@H](c2ccccc2Cl)[NH+]2CCCC2)c1[O-]. The Labute approximate surface area is 167 Å². The van der Waals surface area contributed by atoms with Crippen LogP contribution in [0, 0.1) is 10.1 Å². The molecule has 0 bridgehead atoms. The van der Waals surface area contributed by atoms with E-state index in [1.165, 1.54) is 17.2 Å². The van der Waals surface area contributed by atoms with Crippen molar-refractivity contribution < 1.29 is 14.9 Å². The Kier molecular flexibility index (Phi) is 6.31. The molecule has 1 atom stereocenters. The molecule has 0 spiro atoms. The molecule has 8 heteroatoms. The molecule has 0 aromatic heterocycles. The van der Waals surface area contributed by atoms with Crippen LogP contribution in [0.3, 0.4) is 0 Å². The van der Waals surface area contributed by atoms with E-state index >= 15 is 0 Å². The van der Waals surface area contributed by atoms with Gasteiger partial charge in [0, 0.05) is 40.7 Å². The fourth-order valence-electron chi connectivity index (χ4n) is 3.47. The lowest BCUT2D eigenvalue weighted by Crippen LogP contribution is -3.10. The molecule has 2 aromatic carbocycles. The predicted molar refractivity (Wildman–Crippen MR) is 104 cm³/mol.